The second-order valence-electron chi connectivity index (χ2n) is 4.00. The van der Waals surface area contributed by atoms with Gasteiger partial charge in [0.05, 0.1) is 0 Å². The molecule has 80 valence electrons. The maximum atomic E-state index is 10.6. The first kappa shape index (κ1) is 11.0. The molecule has 0 heterocycles. The monoisotopic (exact) mass is 200 g/mol. The largest absolute Gasteiger partial charge is 0.481 e. The highest BCUT2D eigenvalue weighted by Crippen LogP contribution is 2.34. The highest BCUT2D eigenvalue weighted by molar-refractivity contribution is 5.68. The average molecular weight is 200 g/mol. The van der Waals surface area contributed by atoms with Crippen molar-refractivity contribution in [2.45, 2.75) is 38.5 Å². The van der Waals surface area contributed by atoms with Gasteiger partial charge < -0.3 is 10.2 Å². The molecule has 0 saturated heterocycles. The molecule has 0 bridgehead atoms. The van der Waals surface area contributed by atoms with Gasteiger partial charge in [0, 0.05) is 12.8 Å². The Hall–Kier alpha value is -1.06. The summed E-state index contributed by atoms with van der Waals surface area (Å²) in [6.45, 7) is 0. The van der Waals surface area contributed by atoms with Crippen molar-refractivity contribution in [1.82, 2.24) is 0 Å². The summed E-state index contributed by atoms with van der Waals surface area (Å²) in [5, 5.41) is 17.3. The number of aliphatic carboxylic acids is 2. The van der Waals surface area contributed by atoms with Crippen LogP contribution in [0.2, 0.25) is 0 Å². The first-order valence-electron chi connectivity index (χ1n) is 5.03. The number of rotatable bonds is 4. The number of carboxylic acid groups (broad SMARTS) is 2. The minimum atomic E-state index is -0.813. The van der Waals surface area contributed by atoms with E-state index in [1.54, 1.807) is 0 Å². The van der Waals surface area contributed by atoms with Gasteiger partial charge in [0.25, 0.3) is 0 Å². The molecule has 0 unspecified atom stereocenters. The number of carbonyl (C=O) groups is 2. The molecule has 0 aromatic carbocycles. The molecule has 14 heavy (non-hydrogen) atoms. The average Bonchev–Trinajstić information content (AvgIpc) is 2.06. The van der Waals surface area contributed by atoms with Crippen molar-refractivity contribution in [3.63, 3.8) is 0 Å². The van der Waals surface area contributed by atoms with E-state index >= 15 is 0 Å². The number of hydrogen-bond acceptors (Lipinski definition) is 2. The number of hydrogen-bond donors (Lipinski definition) is 2. The second kappa shape index (κ2) is 4.98. The Kier molecular flexibility index (Phi) is 3.92. The predicted molar refractivity (Wildman–Crippen MR) is 50.0 cm³/mol. The third-order valence-electron chi connectivity index (χ3n) is 2.94. The van der Waals surface area contributed by atoms with E-state index in [1.807, 2.05) is 0 Å². The molecule has 1 aliphatic carbocycles. The minimum absolute atomic E-state index is 0.0670. The van der Waals surface area contributed by atoms with Crippen LogP contribution in [0.4, 0.5) is 0 Å². The van der Waals surface area contributed by atoms with Gasteiger partial charge in [-0.15, -0.1) is 0 Å². The lowest BCUT2D eigenvalue weighted by atomic mass is 9.76. The van der Waals surface area contributed by atoms with Gasteiger partial charge in [-0.25, -0.2) is 0 Å². The molecule has 0 aromatic heterocycles. The van der Waals surface area contributed by atoms with Gasteiger partial charge in [0.2, 0.25) is 0 Å². The fourth-order valence-corrected chi connectivity index (χ4v) is 2.27. The van der Waals surface area contributed by atoms with Crippen LogP contribution in [0.3, 0.4) is 0 Å². The van der Waals surface area contributed by atoms with Crippen LogP contribution in [0.15, 0.2) is 0 Å². The zero-order valence-corrected chi connectivity index (χ0v) is 8.11. The molecular weight excluding hydrogens is 184 g/mol. The second-order valence-corrected chi connectivity index (χ2v) is 4.00. The SMILES string of the molecule is O=C(O)C[C@@H]1CCCC[C@H]1CC(=O)O. The lowest BCUT2D eigenvalue weighted by Gasteiger charge is -2.29. The quantitative estimate of drug-likeness (QED) is 0.724. The highest BCUT2D eigenvalue weighted by Gasteiger charge is 2.28. The molecule has 1 aliphatic rings. The molecule has 2 N–H and O–H groups in total. The molecule has 0 radical (unpaired) electrons. The van der Waals surface area contributed by atoms with Crippen molar-refractivity contribution in [2.75, 3.05) is 0 Å². The molecule has 0 amide bonds. The summed E-state index contributed by atoms with van der Waals surface area (Å²) in [6, 6.07) is 0. The molecule has 1 fully saturated rings. The van der Waals surface area contributed by atoms with Crippen LogP contribution < -0.4 is 0 Å². The van der Waals surface area contributed by atoms with Crippen LogP contribution in [-0.2, 0) is 9.59 Å². The highest BCUT2D eigenvalue weighted by atomic mass is 16.4. The Morgan fingerprint density at radius 1 is 0.929 bits per heavy atom. The van der Waals surface area contributed by atoms with Crippen molar-refractivity contribution in [2.24, 2.45) is 11.8 Å². The zero-order chi connectivity index (χ0) is 10.6. The van der Waals surface area contributed by atoms with E-state index in [9.17, 15) is 9.59 Å². The topological polar surface area (TPSA) is 74.6 Å². The van der Waals surface area contributed by atoms with E-state index < -0.39 is 11.9 Å². The van der Waals surface area contributed by atoms with Gasteiger partial charge >= 0.3 is 11.9 Å². The predicted octanol–water partition coefficient (Wildman–Crippen LogP) is 1.74. The van der Waals surface area contributed by atoms with Gasteiger partial charge in [0.15, 0.2) is 0 Å². The summed E-state index contributed by atoms with van der Waals surface area (Å²) in [5.41, 5.74) is 0. The molecule has 1 saturated carbocycles. The Morgan fingerprint density at radius 3 is 1.57 bits per heavy atom. The summed E-state index contributed by atoms with van der Waals surface area (Å²) in [7, 11) is 0. The lowest BCUT2D eigenvalue weighted by Crippen LogP contribution is -2.24. The number of carboxylic acids is 2. The molecule has 0 aliphatic heterocycles. The summed E-state index contributed by atoms with van der Waals surface area (Å²) < 4.78 is 0. The van der Waals surface area contributed by atoms with E-state index in [4.69, 9.17) is 10.2 Å². The van der Waals surface area contributed by atoms with Crippen LogP contribution in [0.1, 0.15) is 38.5 Å². The van der Waals surface area contributed by atoms with Gasteiger partial charge in [-0.3, -0.25) is 9.59 Å². The summed E-state index contributed by atoms with van der Waals surface area (Å²) in [6.07, 6.45) is 4.05. The normalized spacial score (nSPS) is 27.1. The van der Waals surface area contributed by atoms with E-state index in [0.717, 1.165) is 25.7 Å². The van der Waals surface area contributed by atoms with E-state index in [0.29, 0.717) is 0 Å². The van der Waals surface area contributed by atoms with E-state index in [2.05, 4.69) is 0 Å². The Bertz CT molecular complexity index is 200. The van der Waals surface area contributed by atoms with Crippen molar-refractivity contribution in [1.29, 1.82) is 0 Å². The Labute approximate surface area is 82.9 Å². The van der Waals surface area contributed by atoms with Crippen LogP contribution in [0.5, 0.6) is 0 Å². The van der Waals surface area contributed by atoms with Gasteiger partial charge in [-0.1, -0.05) is 12.8 Å². The van der Waals surface area contributed by atoms with Crippen LogP contribution >= 0.6 is 0 Å². The molecule has 0 spiro atoms. The fraction of sp³-hybridized carbons (Fsp3) is 0.800. The van der Waals surface area contributed by atoms with E-state index in [-0.39, 0.29) is 24.7 Å². The van der Waals surface area contributed by atoms with Crippen molar-refractivity contribution < 1.29 is 19.8 Å². The third-order valence-corrected chi connectivity index (χ3v) is 2.94. The maximum Gasteiger partial charge on any atom is 0.303 e. The summed E-state index contributed by atoms with van der Waals surface area (Å²) >= 11 is 0. The van der Waals surface area contributed by atoms with Crippen LogP contribution in [-0.4, -0.2) is 22.2 Å². The fourth-order valence-electron chi connectivity index (χ4n) is 2.27. The molecule has 0 aromatic rings. The molecule has 1 rings (SSSR count). The van der Waals surface area contributed by atoms with Gasteiger partial charge in [-0.2, -0.15) is 0 Å². The lowest BCUT2D eigenvalue weighted by molar-refractivity contribution is -0.142. The standard InChI is InChI=1S/C10H16O4/c11-9(12)5-7-3-1-2-4-8(7)6-10(13)14/h7-8H,1-6H2,(H,11,12)(H,13,14)/t7-,8-/m0/s1. The third kappa shape index (κ3) is 3.36. The first-order chi connectivity index (χ1) is 6.59. The minimum Gasteiger partial charge on any atom is -0.481 e. The van der Waals surface area contributed by atoms with Crippen molar-refractivity contribution in [3.05, 3.63) is 0 Å². The smallest absolute Gasteiger partial charge is 0.303 e. The maximum absolute atomic E-state index is 10.6. The van der Waals surface area contributed by atoms with Crippen molar-refractivity contribution >= 4 is 11.9 Å². The molecule has 2 atom stereocenters. The van der Waals surface area contributed by atoms with Crippen molar-refractivity contribution in [3.8, 4) is 0 Å². The Balaban J connectivity index is 2.49. The van der Waals surface area contributed by atoms with Gasteiger partial charge in [0.1, 0.15) is 0 Å². The molecule has 4 heteroatoms. The van der Waals surface area contributed by atoms with Crippen LogP contribution in [0.25, 0.3) is 0 Å². The molecule has 4 nitrogen and oxygen atoms in total. The first-order valence-corrected chi connectivity index (χ1v) is 5.03. The summed E-state index contributed by atoms with van der Waals surface area (Å²) in [4.78, 5) is 21.1. The molecular formula is C10H16O4. The zero-order valence-electron chi connectivity index (χ0n) is 8.11. The van der Waals surface area contributed by atoms with E-state index in [1.165, 1.54) is 0 Å². The Morgan fingerprint density at radius 2 is 1.29 bits per heavy atom. The summed E-state index contributed by atoms with van der Waals surface area (Å²) in [5.74, 6) is -1.49. The van der Waals surface area contributed by atoms with Gasteiger partial charge in [-0.05, 0) is 24.7 Å². The van der Waals surface area contributed by atoms with Crippen LogP contribution in [0, 0.1) is 11.8 Å².